The minimum absolute atomic E-state index is 1.14. The second-order valence-electron chi connectivity index (χ2n) is 2.36. The topological polar surface area (TPSA) is 0 Å². The van der Waals surface area contributed by atoms with Gasteiger partial charge < -0.3 is 0 Å². The van der Waals surface area contributed by atoms with E-state index in [1.807, 2.05) is 0 Å². The van der Waals surface area contributed by atoms with Crippen molar-refractivity contribution in [1.82, 2.24) is 0 Å². The van der Waals surface area contributed by atoms with E-state index in [2.05, 4.69) is 26.2 Å². The Morgan fingerprint density at radius 3 is 2.29 bits per heavy atom. The zero-order valence-corrected chi connectivity index (χ0v) is 5.02. The van der Waals surface area contributed by atoms with Gasteiger partial charge in [0.15, 0.2) is 0 Å². The Labute approximate surface area is 44.8 Å². The summed E-state index contributed by atoms with van der Waals surface area (Å²) in [7, 11) is 2.24. The molecule has 0 N–H and O–H groups in total. The van der Waals surface area contributed by atoms with Crippen molar-refractivity contribution in [3.63, 3.8) is 0 Å². The lowest BCUT2D eigenvalue weighted by Gasteiger charge is -2.33. The van der Waals surface area contributed by atoms with Crippen LogP contribution in [0.1, 0.15) is 6.92 Å². The molecule has 0 aromatic heterocycles. The number of nitrogens with zero attached hydrogens (tertiary/aromatic N) is 1. The van der Waals surface area contributed by atoms with E-state index in [9.17, 15) is 0 Å². The second-order valence-corrected chi connectivity index (χ2v) is 2.36. The molecule has 1 heterocycles. The maximum Gasteiger partial charge on any atom is 0.107 e. The molecule has 0 aromatic rings. The summed E-state index contributed by atoms with van der Waals surface area (Å²) in [6.45, 7) is 4.68. The predicted molar refractivity (Wildman–Crippen MR) is 30.7 cm³/mol. The number of hydrogen-bond donors (Lipinski definition) is 0. The van der Waals surface area contributed by atoms with E-state index in [4.69, 9.17) is 0 Å². The van der Waals surface area contributed by atoms with Crippen LogP contribution in [0, 0.1) is 0 Å². The van der Waals surface area contributed by atoms with Crippen molar-refractivity contribution in [3.8, 4) is 0 Å². The van der Waals surface area contributed by atoms with Crippen LogP contribution >= 0.6 is 0 Å². The Hall–Kier alpha value is -0.300. The highest BCUT2D eigenvalue weighted by atomic mass is 15.3. The Bertz CT molecular complexity index is 96.4. The van der Waals surface area contributed by atoms with Gasteiger partial charge >= 0.3 is 0 Å². The van der Waals surface area contributed by atoms with E-state index in [1.165, 1.54) is 13.1 Å². The maximum absolute atomic E-state index is 2.24. The minimum atomic E-state index is 1.14. The molecule has 0 aromatic carbocycles. The Balaban J connectivity index is 2.47. The van der Waals surface area contributed by atoms with Crippen LogP contribution < -0.4 is 0 Å². The molecule has 0 aliphatic carbocycles. The summed E-state index contributed by atoms with van der Waals surface area (Å²) in [4.78, 5) is 0. The van der Waals surface area contributed by atoms with E-state index in [-0.39, 0.29) is 0 Å². The fourth-order valence-electron chi connectivity index (χ4n) is 0.700. The van der Waals surface area contributed by atoms with Crippen LogP contribution in [0.15, 0.2) is 12.3 Å². The molecular formula is C6H12N+. The quantitative estimate of drug-likeness (QED) is 0.429. The molecule has 40 valence electrons. The Morgan fingerprint density at radius 2 is 2.29 bits per heavy atom. The summed E-state index contributed by atoms with van der Waals surface area (Å²) in [6.07, 6.45) is 4.45. The van der Waals surface area contributed by atoms with E-state index in [0.29, 0.717) is 0 Å². The smallest absolute Gasteiger partial charge is 0.107 e. The molecule has 0 radical (unpaired) electrons. The van der Waals surface area contributed by atoms with E-state index >= 15 is 0 Å². The van der Waals surface area contributed by atoms with Gasteiger partial charge in [0.25, 0.3) is 0 Å². The molecule has 0 amide bonds. The van der Waals surface area contributed by atoms with Crippen LogP contribution in [-0.2, 0) is 0 Å². The molecular weight excluding hydrogens is 86.1 g/mol. The van der Waals surface area contributed by atoms with Gasteiger partial charge in [-0.25, -0.2) is 0 Å². The van der Waals surface area contributed by atoms with Gasteiger partial charge in [0.2, 0.25) is 0 Å². The summed E-state index contributed by atoms with van der Waals surface area (Å²) >= 11 is 0. The van der Waals surface area contributed by atoms with Crippen molar-refractivity contribution in [2.45, 2.75) is 6.92 Å². The molecule has 1 rings (SSSR count). The van der Waals surface area contributed by atoms with Crippen molar-refractivity contribution < 1.29 is 4.48 Å². The van der Waals surface area contributed by atoms with Gasteiger partial charge in [0.1, 0.15) is 6.54 Å². The first-order valence-electron chi connectivity index (χ1n) is 2.79. The fourth-order valence-corrected chi connectivity index (χ4v) is 0.700. The molecule has 0 saturated heterocycles. The van der Waals surface area contributed by atoms with Crippen LogP contribution in [0.2, 0.25) is 0 Å². The molecule has 0 saturated carbocycles. The van der Waals surface area contributed by atoms with Crippen molar-refractivity contribution in [3.05, 3.63) is 12.3 Å². The van der Waals surface area contributed by atoms with E-state index in [1.54, 1.807) is 0 Å². The van der Waals surface area contributed by atoms with Crippen LogP contribution in [0.25, 0.3) is 0 Å². The first kappa shape index (κ1) is 4.85. The maximum atomic E-state index is 2.24. The number of rotatable bonds is 1. The predicted octanol–water partition coefficient (Wildman–Crippen LogP) is 0.980. The first-order valence-corrected chi connectivity index (χ1v) is 2.79. The lowest BCUT2D eigenvalue weighted by Crippen LogP contribution is -2.43. The summed E-state index contributed by atoms with van der Waals surface area (Å²) in [5, 5.41) is 0. The van der Waals surface area contributed by atoms with Crippen LogP contribution in [0.3, 0.4) is 0 Å². The van der Waals surface area contributed by atoms with Gasteiger partial charge in [0, 0.05) is 6.08 Å². The Kier molecular flexibility index (Phi) is 0.927. The first-order chi connectivity index (χ1) is 3.27. The zero-order valence-electron chi connectivity index (χ0n) is 5.02. The number of quaternary nitrogens is 1. The SMILES string of the molecule is CC[N+]1(C)C=CC1. The lowest BCUT2D eigenvalue weighted by atomic mass is 10.3. The van der Waals surface area contributed by atoms with Crippen LogP contribution in [0.4, 0.5) is 0 Å². The molecule has 1 heteroatoms. The van der Waals surface area contributed by atoms with Gasteiger partial charge in [-0.05, 0) is 6.92 Å². The van der Waals surface area contributed by atoms with Gasteiger partial charge in [-0.1, -0.05) is 0 Å². The second kappa shape index (κ2) is 1.34. The average molecular weight is 98.2 g/mol. The molecule has 0 fully saturated rings. The molecule has 1 nitrogen and oxygen atoms in total. The van der Waals surface area contributed by atoms with Crippen LogP contribution in [-0.4, -0.2) is 24.6 Å². The largest absolute Gasteiger partial charge is 0.297 e. The lowest BCUT2D eigenvalue weighted by molar-refractivity contribution is -0.868. The normalized spacial score (nSPS) is 38.0. The summed E-state index contributed by atoms with van der Waals surface area (Å²) in [5.74, 6) is 0. The minimum Gasteiger partial charge on any atom is -0.297 e. The standard InChI is InChI=1S/C6H12N/c1-3-7(2)5-4-6-7/h4-5H,3,6H2,1-2H3/q+1. The van der Waals surface area contributed by atoms with Crippen molar-refractivity contribution in [2.24, 2.45) is 0 Å². The molecule has 1 aliphatic rings. The third-order valence-corrected chi connectivity index (χ3v) is 1.71. The van der Waals surface area contributed by atoms with Gasteiger partial charge in [0.05, 0.1) is 19.8 Å². The molecule has 7 heavy (non-hydrogen) atoms. The summed E-state index contributed by atoms with van der Waals surface area (Å²) in [6, 6.07) is 0. The van der Waals surface area contributed by atoms with Crippen molar-refractivity contribution in [1.29, 1.82) is 0 Å². The van der Waals surface area contributed by atoms with E-state index in [0.717, 1.165) is 4.48 Å². The average Bonchev–Trinajstić information content (AvgIpc) is 1.61. The summed E-state index contributed by atoms with van der Waals surface area (Å²) in [5.41, 5.74) is 0. The third-order valence-electron chi connectivity index (χ3n) is 1.71. The van der Waals surface area contributed by atoms with Gasteiger partial charge in [-0.15, -0.1) is 0 Å². The highest BCUT2D eigenvalue weighted by Crippen LogP contribution is 2.11. The molecule has 0 bridgehead atoms. The highest BCUT2D eigenvalue weighted by Gasteiger charge is 2.20. The van der Waals surface area contributed by atoms with Gasteiger partial charge in [-0.2, -0.15) is 0 Å². The molecule has 1 aliphatic heterocycles. The van der Waals surface area contributed by atoms with Gasteiger partial charge in [-0.3, -0.25) is 4.48 Å². The molecule has 0 spiro atoms. The fraction of sp³-hybridized carbons (Fsp3) is 0.667. The highest BCUT2D eigenvalue weighted by molar-refractivity contribution is 4.83. The van der Waals surface area contributed by atoms with Crippen molar-refractivity contribution in [2.75, 3.05) is 20.1 Å². The van der Waals surface area contributed by atoms with E-state index < -0.39 is 0 Å². The molecule has 1 atom stereocenters. The van der Waals surface area contributed by atoms with Crippen LogP contribution in [0.5, 0.6) is 0 Å². The molecule has 1 unspecified atom stereocenters. The number of hydrogen-bond acceptors (Lipinski definition) is 0. The Morgan fingerprint density at radius 1 is 1.71 bits per heavy atom. The summed E-state index contributed by atoms with van der Waals surface area (Å²) < 4.78 is 1.14. The monoisotopic (exact) mass is 98.1 g/mol. The zero-order chi connectivity index (χ0) is 5.33. The third kappa shape index (κ3) is 0.682. The van der Waals surface area contributed by atoms with Crippen molar-refractivity contribution >= 4 is 0 Å². The number of likely N-dealkylation sites (N-methyl/N-ethyl adjacent to an activating group) is 1.